The molecule has 12 aromatic rings. The summed E-state index contributed by atoms with van der Waals surface area (Å²) in [4.78, 5) is 10.0. The van der Waals surface area contributed by atoms with Crippen LogP contribution >= 0.6 is 0 Å². The van der Waals surface area contributed by atoms with Crippen LogP contribution in [0.25, 0.3) is 105 Å². The van der Waals surface area contributed by atoms with Crippen LogP contribution in [0.15, 0.2) is 187 Å². The van der Waals surface area contributed by atoms with Gasteiger partial charge in [0, 0.05) is 36.6 Å². The molecule has 0 bridgehead atoms. The summed E-state index contributed by atoms with van der Waals surface area (Å²) in [7, 11) is 0. The van der Waals surface area contributed by atoms with Gasteiger partial charge in [-0.3, -0.25) is 4.98 Å². The van der Waals surface area contributed by atoms with Gasteiger partial charge in [-0.15, -0.1) is 18.2 Å². The van der Waals surface area contributed by atoms with Gasteiger partial charge in [-0.25, -0.2) is 0 Å². The van der Waals surface area contributed by atoms with Gasteiger partial charge in [-0.2, -0.15) is 0 Å². The summed E-state index contributed by atoms with van der Waals surface area (Å²) < 4.78 is 10.8. The topological polar surface area (TPSA) is 43.9 Å². The van der Waals surface area contributed by atoms with E-state index in [0.717, 1.165) is 55.6 Å². The van der Waals surface area contributed by atoms with E-state index in [-0.39, 0.29) is 31.9 Å². The molecule has 0 N–H and O–H groups in total. The number of aromatic nitrogens is 3. The maximum absolute atomic E-state index is 6.92. The molecular weight excluding hydrogens is 1080 g/mol. The van der Waals surface area contributed by atoms with Gasteiger partial charge >= 0.3 is 99.8 Å². The van der Waals surface area contributed by atoms with Crippen LogP contribution in [0.1, 0.15) is 50.7 Å². The van der Waals surface area contributed by atoms with E-state index in [1.54, 1.807) is 0 Å². The van der Waals surface area contributed by atoms with E-state index in [4.69, 9.17) is 9.40 Å². The zero-order chi connectivity index (χ0) is 46.7. The van der Waals surface area contributed by atoms with Gasteiger partial charge in [0.1, 0.15) is 5.58 Å². The predicted octanol–water partition coefficient (Wildman–Crippen LogP) is 16.9. The van der Waals surface area contributed by atoms with E-state index >= 15 is 0 Å². The van der Waals surface area contributed by atoms with Crippen molar-refractivity contribution in [3.05, 3.63) is 205 Å². The molecule has 69 heavy (non-hydrogen) atoms. The average Bonchev–Trinajstić information content (AvgIpc) is 3.94. The number of rotatable bonds is 7. The van der Waals surface area contributed by atoms with E-state index in [1.807, 2.05) is 36.5 Å². The summed E-state index contributed by atoms with van der Waals surface area (Å²) in [5.74, 6) is 8.48. The van der Waals surface area contributed by atoms with Crippen molar-refractivity contribution >= 4 is 83.0 Å². The number of hydrogen-bond acceptors (Lipinski definition) is 3. The molecule has 6 heteroatoms. The molecule has 341 valence electrons. The first kappa shape index (κ1) is 46.1. The largest absolute Gasteiger partial charge is 0 e. The van der Waals surface area contributed by atoms with Crippen LogP contribution in [0.3, 0.4) is 0 Å². The molecule has 0 atom stereocenters. The molecule has 3 heterocycles. The third kappa shape index (κ3) is 8.52. The monoisotopic (exact) mass is 1130 g/mol. The van der Waals surface area contributed by atoms with Gasteiger partial charge in [-0.05, 0) is 91.4 Å². The van der Waals surface area contributed by atoms with Crippen molar-refractivity contribution in [2.75, 3.05) is 0 Å². The van der Waals surface area contributed by atoms with Gasteiger partial charge in [-0.1, -0.05) is 136 Å². The third-order valence-corrected chi connectivity index (χ3v) is 17.7. The summed E-state index contributed by atoms with van der Waals surface area (Å²) in [5, 5.41) is 9.36. The Balaban J connectivity index is 0.000000277. The van der Waals surface area contributed by atoms with Gasteiger partial charge in [0.2, 0.25) is 0 Å². The predicted molar refractivity (Wildman–Crippen MR) is 290 cm³/mol. The number of hydrogen-bond donors (Lipinski definition) is 0. The van der Waals surface area contributed by atoms with Crippen LogP contribution in [0.2, 0.25) is 17.3 Å². The first-order valence-electron chi connectivity index (χ1n) is 23.8. The van der Waals surface area contributed by atoms with Crippen LogP contribution < -0.4 is 4.40 Å². The minimum atomic E-state index is -1.72. The fourth-order valence-electron chi connectivity index (χ4n) is 9.80. The fraction of sp³-hybridized carbons (Fsp3) is 0.143. The quantitative estimate of drug-likeness (QED) is 0.0907. The van der Waals surface area contributed by atoms with Crippen LogP contribution in [-0.2, 0) is 20.1 Å². The first-order valence-corrected chi connectivity index (χ1v) is 31.1. The number of fused-ring (bicyclic) bond motifs is 9. The summed E-state index contributed by atoms with van der Waals surface area (Å²) in [6.45, 7) is 9.20. The van der Waals surface area contributed by atoms with Crippen molar-refractivity contribution in [3.63, 3.8) is 0 Å². The zero-order valence-electron chi connectivity index (χ0n) is 40.1. The second-order valence-corrected chi connectivity index (χ2v) is 30.3. The molecule has 9 aromatic carbocycles. The summed E-state index contributed by atoms with van der Waals surface area (Å²) in [6, 6.07) is 69.3. The van der Waals surface area contributed by atoms with Gasteiger partial charge < -0.3 is 8.98 Å². The number of furan rings is 1. The molecule has 0 spiro atoms. The van der Waals surface area contributed by atoms with Crippen LogP contribution in [0, 0.1) is 12.1 Å². The van der Waals surface area contributed by atoms with Crippen molar-refractivity contribution in [2.45, 2.75) is 56.8 Å². The number of imidazole rings is 1. The van der Waals surface area contributed by atoms with E-state index in [0.29, 0.717) is 0 Å². The Kier molecular flexibility index (Phi) is 12.5. The van der Waals surface area contributed by atoms with Crippen molar-refractivity contribution in [2.24, 2.45) is 0 Å². The number of benzene rings is 9. The van der Waals surface area contributed by atoms with Crippen molar-refractivity contribution in [1.29, 1.82) is 0 Å². The van der Waals surface area contributed by atoms with Crippen molar-refractivity contribution in [1.82, 2.24) is 14.5 Å². The Morgan fingerprint density at radius 1 is 0.551 bits per heavy atom. The molecule has 0 aliphatic rings. The normalized spacial score (nSPS) is 11.8. The molecule has 0 amide bonds. The molecule has 3 aromatic heterocycles. The summed E-state index contributed by atoms with van der Waals surface area (Å²) in [5.41, 5.74) is 12.9. The van der Waals surface area contributed by atoms with Crippen molar-refractivity contribution in [3.8, 4) is 39.5 Å². The molecule has 0 fully saturated rings. The molecule has 0 aliphatic heterocycles. The third-order valence-electron chi connectivity index (χ3n) is 13.4. The van der Waals surface area contributed by atoms with Gasteiger partial charge in [0.15, 0.2) is 0 Å². The average molecular weight is 1130 g/mol. The van der Waals surface area contributed by atoms with Gasteiger partial charge in [0.05, 0.1) is 22.4 Å². The van der Waals surface area contributed by atoms with Crippen molar-refractivity contribution < 1.29 is 24.5 Å². The maximum atomic E-state index is 6.92. The maximum Gasteiger partial charge on any atom is 0 e. The van der Waals surface area contributed by atoms with Crippen LogP contribution in [0.4, 0.5) is 0 Å². The summed E-state index contributed by atoms with van der Waals surface area (Å²) >= 11 is -1.72. The Labute approximate surface area is 420 Å². The van der Waals surface area contributed by atoms with Crippen LogP contribution in [-0.4, -0.2) is 27.8 Å². The molecule has 1 radical (unpaired) electrons. The van der Waals surface area contributed by atoms with E-state index in [2.05, 4.69) is 212 Å². The molecular formula is C63H53GeIrN3O-2. The van der Waals surface area contributed by atoms with E-state index in [9.17, 15) is 0 Å². The second kappa shape index (κ2) is 18.7. The Morgan fingerprint density at radius 3 is 1.90 bits per heavy atom. The molecule has 0 saturated carbocycles. The number of pyridine rings is 1. The first-order chi connectivity index (χ1) is 33.0. The minimum absolute atomic E-state index is 0. The Bertz CT molecular complexity index is 3800. The van der Waals surface area contributed by atoms with Gasteiger partial charge in [0.25, 0.3) is 0 Å². The summed E-state index contributed by atoms with van der Waals surface area (Å²) in [6.07, 6.45) is 2.04. The second-order valence-electron chi connectivity index (χ2n) is 19.6. The van der Waals surface area contributed by atoms with E-state index in [1.165, 1.54) is 64.7 Å². The minimum Gasteiger partial charge on any atom is 0 e. The Hall–Kier alpha value is -6.63. The fourth-order valence-corrected chi connectivity index (χ4v) is 12.0. The van der Waals surface area contributed by atoms with Crippen LogP contribution in [0.5, 0.6) is 0 Å². The smallest absolute Gasteiger partial charge is 0 e. The Morgan fingerprint density at radius 2 is 1.22 bits per heavy atom. The standard InChI is InChI=1S/C49H37N2O.C14H16GeN.Ir/c1-29(2)40-26-35(31-13-6-5-7-14-31)27-41(30(3)4)46(40)51-47-37-18-11-9-16-33(37)23-24-44(47)50-49(51)39-20-12-19-38-43-25-34-22-21-32-15-8-10-17-36(32)42(34)28-45(43)52-48(38)39;1-15(2,3)13-9-10-14(16-11-13)12-7-5-4-6-8-12;/h5-19,21-30H,1-4H3;4-7,9-11H,1-3H3;/q2*-1;. The number of nitrogens with zero attached hydrogens (tertiary/aromatic N) is 3. The molecule has 0 unspecified atom stereocenters. The van der Waals surface area contributed by atoms with E-state index < -0.39 is 13.3 Å². The molecule has 0 saturated heterocycles. The zero-order valence-corrected chi connectivity index (χ0v) is 44.6. The molecule has 0 aliphatic carbocycles. The SMILES string of the molecule is CC(C)c1cc(-c2ccccc2)cc(C(C)C)c1-n1c(-c2[c-]ccc3c2oc2cc4c(ccc5ccccc54)cc23)nc2ccc3ccccc3c21.[CH3][Ge]([CH3])([CH3])[c]1ccc(-c2[c-]cccc2)nc1.[Ir]. The molecule has 4 nitrogen and oxygen atoms in total. The molecule has 12 rings (SSSR count).